The Bertz CT molecular complexity index is 1320. The average molecular weight is 574 g/mol. The Labute approximate surface area is 222 Å². The van der Waals surface area contributed by atoms with Gasteiger partial charge in [-0.1, -0.05) is 29.8 Å². The molecule has 2 aromatic heterocycles. The number of anilines is 1. The lowest BCUT2D eigenvalue weighted by Crippen LogP contribution is -2.44. The first-order valence-corrected chi connectivity index (χ1v) is 13.6. The SMILES string of the molecule is Cc1ccc([C@H](C)Nc2nc(Cl)nc3c2cnn3[C@@H]2O[C@H](COC(CO)(CO)P(=O)(O)O)[C@@H](O)[C@H]2O)cc1. The monoisotopic (exact) mass is 573 g/mol. The fourth-order valence-corrected chi connectivity index (χ4v) is 4.83. The summed E-state index contributed by atoms with van der Waals surface area (Å²) in [5.74, 6) is 0.379. The van der Waals surface area contributed by atoms with Crippen molar-refractivity contribution in [2.45, 2.75) is 49.8 Å². The molecule has 3 aromatic rings. The number of aliphatic hydroxyl groups excluding tert-OH is 4. The highest BCUT2D eigenvalue weighted by atomic mass is 35.5. The summed E-state index contributed by atoms with van der Waals surface area (Å²) in [6.45, 7) is 0.872. The third kappa shape index (κ3) is 5.42. The lowest BCUT2D eigenvalue weighted by Gasteiger charge is -2.31. The topological polar surface area (TPSA) is 213 Å². The Morgan fingerprint density at radius 3 is 2.45 bits per heavy atom. The second-order valence-electron chi connectivity index (χ2n) is 9.11. The largest absolute Gasteiger partial charge is 0.393 e. The molecule has 0 spiro atoms. The van der Waals surface area contributed by atoms with E-state index in [4.69, 9.17) is 21.1 Å². The molecule has 16 heteroatoms. The lowest BCUT2D eigenvalue weighted by atomic mass is 10.1. The van der Waals surface area contributed by atoms with Gasteiger partial charge in [0.1, 0.15) is 24.1 Å². The maximum absolute atomic E-state index is 11.8. The van der Waals surface area contributed by atoms with Crippen LogP contribution in [0.25, 0.3) is 11.0 Å². The zero-order valence-corrected chi connectivity index (χ0v) is 22.1. The molecule has 208 valence electrons. The van der Waals surface area contributed by atoms with Crippen molar-refractivity contribution in [2.75, 3.05) is 25.1 Å². The fourth-order valence-electron chi connectivity index (χ4n) is 4.05. The molecule has 1 aliphatic rings. The summed E-state index contributed by atoms with van der Waals surface area (Å²) in [5.41, 5.74) is 2.32. The van der Waals surface area contributed by atoms with Crippen LogP contribution in [0.4, 0.5) is 5.82 Å². The summed E-state index contributed by atoms with van der Waals surface area (Å²) in [6.07, 6.45) is -4.25. The van der Waals surface area contributed by atoms with Crippen molar-refractivity contribution in [1.82, 2.24) is 19.7 Å². The number of benzene rings is 1. The van der Waals surface area contributed by atoms with Crippen LogP contribution in [0, 0.1) is 6.92 Å². The number of aryl methyl sites for hydroxylation is 1. The molecule has 5 atom stereocenters. The summed E-state index contributed by atoms with van der Waals surface area (Å²) >= 11 is 6.18. The van der Waals surface area contributed by atoms with Gasteiger partial charge in [-0.05, 0) is 31.0 Å². The van der Waals surface area contributed by atoms with Crippen molar-refractivity contribution in [3.63, 3.8) is 0 Å². The first-order valence-electron chi connectivity index (χ1n) is 11.6. The zero-order valence-electron chi connectivity index (χ0n) is 20.4. The average Bonchev–Trinajstić information content (AvgIpc) is 3.40. The molecule has 38 heavy (non-hydrogen) atoms. The van der Waals surface area contributed by atoms with Gasteiger partial charge in [-0.15, -0.1) is 0 Å². The van der Waals surface area contributed by atoms with Crippen molar-refractivity contribution in [3.05, 3.63) is 46.9 Å². The van der Waals surface area contributed by atoms with Crippen LogP contribution in [-0.2, 0) is 14.0 Å². The fraction of sp³-hybridized carbons (Fsp3) is 0.500. The highest BCUT2D eigenvalue weighted by Gasteiger charge is 2.51. The van der Waals surface area contributed by atoms with E-state index < -0.39 is 57.3 Å². The van der Waals surface area contributed by atoms with E-state index in [2.05, 4.69) is 20.4 Å². The number of nitrogens with one attached hydrogen (secondary N) is 1. The van der Waals surface area contributed by atoms with Gasteiger partial charge >= 0.3 is 7.60 Å². The number of fused-ring (bicyclic) bond motifs is 1. The van der Waals surface area contributed by atoms with Gasteiger partial charge in [0.2, 0.25) is 10.6 Å². The van der Waals surface area contributed by atoms with Crippen molar-refractivity contribution in [2.24, 2.45) is 0 Å². The predicted molar refractivity (Wildman–Crippen MR) is 134 cm³/mol. The Morgan fingerprint density at radius 2 is 1.84 bits per heavy atom. The molecule has 0 aliphatic carbocycles. The molecule has 1 fully saturated rings. The molecule has 14 nitrogen and oxygen atoms in total. The molecule has 4 rings (SSSR count). The summed E-state index contributed by atoms with van der Waals surface area (Å²) in [5, 5.41) is 45.4. The van der Waals surface area contributed by atoms with Gasteiger partial charge in [-0.25, -0.2) is 4.68 Å². The molecule has 0 radical (unpaired) electrons. The predicted octanol–water partition coefficient (Wildman–Crippen LogP) is 0.456. The van der Waals surface area contributed by atoms with Gasteiger partial charge in [0.05, 0.1) is 31.4 Å². The van der Waals surface area contributed by atoms with Crippen LogP contribution in [0.3, 0.4) is 0 Å². The van der Waals surface area contributed by atoms with Crippen molar-refractivity contribution in [1.29, 1.82) is 0 Å². The molecule has 0 bridgehead atoms. The van der Waals surface area contributed by atoms with Crippen molar-refractivity contribution >= 4 is 36.0 Å². The van der Waals surface area contributed by atoms with E-state index >= 15 is 0 Å². The maximum atomic E-state index is 11.8. The van der Waals surface area contributed by atoms with Gasteiger partial charge in [-0.3, -0.25) is 4.57 Å². The summed E-state index contributed by atoms with van der Waals surface area (Å²) in [7, 11) is -5.12. The molecular formula is C22H29ClN5O9P. The van der Waals surface area contributed by atoms with Crippen LogP contribution in [0.2, 0.25) is 5.28 Å². The number of aromatic nitrogens is 4. The van der Waals surface area contributed by atoms with Gasteiger partial charge in [0, 0.05) is 6.04 Å². The van der Waals surface area contributed by atoms with Crippen LogP contribution in [0.15, 0.2) is 30.5 Å². The Balaban J connectivity index is 1.57. The minimum Gasteiger partial charge on any atom is -0.393 e. The number of ether oxygens (including phenoxy) is 2. The van der Waals surface area contributed by atoms with Gasteiger partial charge in [-0.2, -0.15) is 15.1 Å². The van der Waals surface area contributed by atoms with Crippen LogP contribution in [0.1, 0.15) is 30.3 Å². The summed E-state index contributed by atoms with van der Waals surface area (Å²) < 4.78 is 23.8. The van der Waals surface area contributed by atoms with Gasteiger partial charge in [0.15, 0.2) is 11.9 Å². The molecule has 0 amide bonds. The second-order valence-corrected chi connectivity index (χ2v) is 11.3. The number of halogens is 1. The van der Waals surface area contributed by atoms with Crippen LogP contribution in [-0.4, -0.2) is 93.4 Å². The highest BCUT2D eigenvalue weighted by Crippen LogP contribution is 2.51. The van der Waals surface area contributed by atoms with Gasteiger partial charge in [0.25, 0.3) is 0 Å². The molecule has 1 aliphatic heterocycles. The number of rotatable bonds is 10. The Hall–Kier alpha value is -2.23. The van der Waals surface area contributed by atoms with E-state index in [0.717, 1.165) is 11.1 Å². The third-order valence-electron chi connectivity index (χ3n) is 6.48. The normalized spacial score (nSPS) is 23.2. The van der Waals surface area contributed by atoms with E-state index in [9.17, 15) is 34.8 Å². The highest BCUT2D eigenvalue weighted by molar-refractivity contribution is 7.53. The standard InChI is InChI=1S/C22H29ClN5O9P/c1-11-3-5-13(6-4-11)12(2)25-18-14-7-24-28(19(14)27-21(23)26-18)20-17(32)16(31)15(37-20)8-36-22(9-29,10-30)38(33,34)35/h3-7,12,15-17,20,29-32H,8-10H2,1-2H3,(H,25,26,27)(H2,33,34,35)/t12-,15+,16+,17+,20+/m0/s1. The molecular weight excluding hydrogens is 545 g/mol. The molecule has 0 saturated carbocycles. The molecule has 0 unspecified atom stereocenters. The van der Waals surface area contributed by atoms with Crippen molar-refractivity contribution < 1.29 is 44.3 Å². The molecule has 3 heterocycles. The minimum atomic E-state index is -5.12. The molecule has 7 N–H and O–H groups in total. The number of hydrogen-bond donors (Lipinski definition) is 7. The van der Waals surface area contributed by atoms with E-state index in [-0.39, 0.29) is 17.0 Å². The lowest BCUT2D eigenvalue weighted by molar-refractivity contribution is -0.121. The van der Waals surface area contributed by atoms with Crippen LogP contribution < -0.4 is 5.32 Å². The van der Waals surface area contributed by atoms with Crippen LogP contribution in [0.5, 0.6) is 0 Å². The Morgan fingerprint density at radius 1 is 1.18 bits per heavy atom. The minimum absolute atomic E-state index is 0.108. The summed E-state index contributed by atoms with van der Waals surface area (Å²) in [6, 6.07) is 7.79. The quantitative estimate of drug-likeness (QED) is 0.130. The van der Waals surface area contributed by atoms with E-state index in [1.165, 1.54) is 10.9 Å². The smallest absolute Gasteiger partial charge is 0.361 e. The second kappa shape index (κ2) is 11.1. The van der Waals surface area contributed by atoms with Crippen LogP contribution >= 0.6 is 19.2 Å². The molecule has 1 saturated heterocycles. The van der Waals surface area contributed by atoms with E-state index in [1.54, 1.807) is 0 Å². The first-order chi connectivity index (χ1) is 17.9. The van der Waals surface area contributed by atoms with E-state index in [1.807, 2.05) is 38.1 Å². The summed E-state index contributed by atoms with van der Waals surface area (Å²) in [4.78, 5) is 27.5. The maximum Gasteiger partial charge on any atom is 0.361 e. The molecule has 1 aromatic carbocycles. The van der Waals surface area contributed by atoms with E-state index in [0.29, 0.717) is 11.2 Å². The number of hydrogen-bond acceptors (Lipinski definition) is 11. The van der Waals surface area contributed by atoms with Gasteiger partial charge < -0.3 is 45.0 Å². The first kappa shape index (κ1) is 28.8. The van der Waals surface area contributed by atoms with Crippen molar-refractivity contribution in [3.8, 4) is 0 Å². The zero-order chi connectivity index (χ0) is 27.8. The number of nitrogens with zero attached hydrogens (tertiary/aromatic N) is 4. The Kier molecular flexibility index (Phi) is 8.40. The number of aliphatic hydroxyl groups is 4. The third-order valence-corrected chi connectivity index (χ3v) is 8.12.